The summed E-state index contributed by atoms with van der Waals surface area (Å²) in [6, 6.07) is 16.3. The van der Waals surface area contributed by atoms with Crippen molar-refractivity contribution in [2.24, 2.45) is 13.0 Å². The smallest absolute Gasteiger partial charge is 0.253 e. The van der Waals surface area contributed by atoms with Crippen molar-refractivity contribution in [2.45, 2.75) is 19.3 Å². The maximum atomic E-state index is 12.9. The van der Waals surface area contributed by atoms with Crippen LogP contribution in [0.15, 0.2) is 48.5 Å². The molecule has 1 aromatic heterocycles. The fraction of sp³-hybridized carbons (Fsp3) is 0.364. The molecule has 4 rings (SSSR count). The molecular weight excluding hydrogens is 338 g/mol. The van der Waals surface area contributed by atoms with Crippen LogP contribution in [0.25, 0.3) is 10.9 Å². The fourth-order valence-corrected chi connectivity index (χ4v) is 4.02. The molecule has 2 aromatic carbocycles. The van der Waals surface area contributed by atoms with Crippen molar-refractivity contribution in [1.82, 2.24) is 14.7 Å². The molecule has 0 unspecified atom stereocenters. The van der Waals surface area contributed by atoms with Gasteiger partial charge in [0.2, 0.25) is 5.88 Å². The van der Waals surface area contributed by atoms with Crippen LogP contribution in [0.3, 0.4) is 0 Å². The molecule has 1 aliphatic heterocycles. The summed E-state index contributed by atoms with van der Waals surface area (Å²) in [5.41, 5.74) is 2.88. The van der Waals surface area contributed by atoms with E-state index in [1.54, 1.807) is 11.8 Å². The molecule has 5 heteroatoms. The van der Waals surface area contributed by atoms with Crippen LogP contribution in [0.2, 0.25) is 0 Å². The topological polar surface area (TPSA) is 47.4 Å². The molecule has 0 radical (unpaired) electrons. The Morgan fingerprint density at radius 3 is 2.59 bits per heavy atom. The van der Waals surface area contributed by atoms with Gasteiger partial charge in [0.05, 0.1) is 18.0 Å². The molecule has 3 aromatic rings. The third-order valence-corrected chi connectivity index (χ3v) is 5.49. The Bertz CT molecular complexity index is 941. The largest absolute Gasteiger partial charge is 0.481 e. The minimum Gasteiger partial charge on any atom is -0.481 e. The van der Waals surface area contributed by atoms with E-state index >= 15 is 0 Å². The summed E-state index contributed by atoms with van der Waals surface area (Å²) in [6.07, 6.45) is 3.21. The second-order valence-corrected chi connectivity index (χ2v) is 7.29. The van der Waals surface area contributed by atoms with E-state index in [4.69, 9.17) is 4.74 Å². The van der Waals surface area contributed by atoms with Crippen LogP contribution >= 0.6 is 0 Å². The van der Waals surface area contributed by atoms with E-state index in [0.717, 1.165) is 43.3 Å². The maximum Gasteiger partial charge on any atom is 0.253 e. The van der Waals surface area contributed by atoms with E-state index in [1.165, 1.54) is 5.56 Å². The zero-order chi connectivity index (χ0) is 18.8. The third-order valence-electron chi connectivity index (χ3n) is 5.49. The summed E-state index contributed by atoms with van der Waals surface area (Å²) in [5, 5.41) is 5.38. The maximum absolute atomic E-state index is 12.9. The van der Waals surface area contributed by atoms with Gasteiger partial charge in [0, 0.05) is 25.7 Å². The second-order valence-electron chi connectivity index (χ2n) is 7.29. The van der Waals surface area contributed by atoms with Gasteiger partial charge in [-0.15, -0.1) is 0 Å². The van der Waals surface area contributed by atoms with Gasteiger partial charge in [-0.25, -0.2) is 4.68 Å². The Labute approximate surface area is 159 Å². The molecule has 27 heavy (non-hydrogen) atoms. The van der Waals surface area contributed by atoms with E-state index in [0.29, 0.717) is 17.4 Å². The van der Waals surface area contributed by atoms with Crippen molar-refractivity contribution >= 4 is 16.8 Å². The lowest BCUT2D eigenvalue weighted by atomic mass is 9.90. The number of fused-ring (bicyclic) bond motifs is 1. The van der Waals surface area contributed by atoms with Crippen molar-refractivity contribution in [3.63, 3.8) is 0 Å². The van der Waals surface area contributed by atoms with Crippen molar-refractivity contribution in [3.05, 3.63) is 59.7 Å². The molecule has 1 saturated heterocycles. The van der Waals surface area contributed by atoms with Gasteiger partial charge in [-0.2, -0.15) is 5.10 Å². The predicted molar refractivity (Wildman–Crippen MR) is 106 cm³/mol. The number of benzene rings is 2. The highest BCUT2D eigenvalue weighted by molar-refractivity contribution is 5.98. The first-order valence-electron chi connectivity index (χ1n) is 9.49. The number of aromatic nitrogens is 2. The number of rotatable bonds is 4. The molecule has 1 aliphatic rings. The Kier molecular flexibility index (Phi) is 4.84. The molecule has 0 bridgehead atoms. The first-order chi connectivity index (χ1) is 13.2. The lowest BCUT2D eigenvalue weighted by molar-refractivity contribution is 0.0690. The third kappa shape index (κ3) is 3.54. The average molecular weight is 363 g/mol. The molecule has 0 atom stereocenters. The molecule has 0 aliphatic carbocycles. The minimum atomic E-state index is 0.0969. The summed E-state index contributed by atoms with van der Waals surface area (Å²) in [6.45, 7) is 1.64. The highest BCUT2D eigenvalue weighted by Gasteiger charge is 2.24. The van der Waals surface area contributed by atoms with Crippen molar-refractivity contribution in [1.29, 1.82) is 0 Å². The molecule has 2 heterocycles. The highest BCUT2D eigenvalue weighted by atomic mass is 16.5. The van der Waals surface area contributed by atoms with E-state index in [-0.39, 0.29) is 5.91 Å². The van der Waals surface area contributed by atoms with Crippen LogP contribution in [0.1, 0.15) is 28.8 Å². The number of carbonyl (C=O) groups is 1. The van der Waals surface area contributed by atoms with Crippen molar-refractivity contribution in [3.8, 4) is 5.88 Å². The van der Waals surface area contributed by atoms with Crippen LogP contribution in [0.4, 0.5) is 0 Å². The lowest BCUT2D eigenvalue weighted by Gasteiger charge is -2.32. The van der Waals surface area contributed by atoms with Gasteiger partial charge in [0.15, 0.2) is 0 Å². The Morgan fingerprint density at radius 1 is 1.15 bits per heavy atom. The van der Waals surface area contributed by atoms with E-state index in [1.807, 2.05) is 30.1 Å². The van der Waals surface area contributed by atoms with Gasteiger partial charge in [-0.3, -0.25) is 4.79 Å². The molecule has 5 nitrogen and oxygen atoms in total. The molecule has 1 amide bonds. The second kappa shape index (κ2) is 7.43. The summed E-state index contributed by atoms with van der Waals surface area (Å²) < 4.78 is 7.08. The highest BCUT2D eigenvalue weighted by Crippen LogP contribution is 2.27. The number of likely N-dealkylation sites (tertiary alicyclic amines) is 1. The summed E-state index contributed by atoms with van der Waals surface area (Å²) in [4.78, 5) is 14.9. The number of piperidine rings is 1. The number of aryl methyl sites for hydroxylation is 1. The number of carbonyl (C=O) groups excluding carboxylic acids is 1. The number of amides is 1. The predicted octanol–water partition coefficient (Wildman–Crippen LogP) is 3.68. The van der Waals surface area contributed by atoms with E-state index in [2.05, 4.69) is 35.4 Å². The number of hydrogen-bond donors (Lipinski definition) is 0. The van der Waals surface area contributed by atoms with Gasteiger partial charge in [-0.1, -0.05) is 30.3 Å². The van der Waals surface area contributed by atoms with Crippen molar-refractivity contribution in [2.75, 3.05) is 20.2 Å². The van der Waals surface area contributed by atoms with Crippen LogP contribution in [-0.4, -0.2) is 40.8 Å². The monoisotopic (exact) mass is 363 g/mol. The molecular formula is C22H25N3O2. The number of ether oxygens (including phenoxy) is 1. The number of nitrogens with zero attached hydrogens (tertiary/aromatic N) is 3. The Hall–Kier alpha value is -2.82. The standard InChI is InChI=1S/C22H25N3O2/c1-24-22(27-2)19-9-8-18(15-20(19)23-24)21(26)25-12-10-17(11-13-25)14-16-6-4-3-5-7-16/h3-9,15,17H,10-14H2,1-2H3. The quantitative estimate of drug-likeness (QED) is 0.710. The van der Waals surface area contributed by atoms with Crippen LogP contribution in [0, 0.1) is 5.92 Å². The molecule has 1 fully saturated rings. The van der Waals surface area contributed by atoms with Gasteiger partial charge < -0.3 is 9.64 Å². The summed E-state index contributed by atoms with van der Waals surface area (Å²) >= 11 is 0. The Balaban J connectivity index is 1.42. The fourth-order valence-electron chi connectivity index (χ4n) is 4.02. The first-order valence-corrected chi connectivity index (χ1v) is 9.49. The van der Waals surface area contributed by atoms with E-state index < -0.39 is 0 Å². The van der Waals surface area contributed by atoms with Gasteiger partial charge in [-0.05, 0) is 48.9 Å². The van der Waals surface area contributed by atoms with Crippen LogP contribution < -0.4 is 4.74 Å². The summed E-state index contributed by atoms with van der Waals surface area (Å²) in [7, 11) is 3.48. The average Bonchev–Trinajstić information content (AvgIpc) is 3.03. The van der Waals surface area contributed by atoms with Crippen LogP contribution in [-0.2, 0) is 13.5 Å². The number of methoxy groups -OCH3 is 1. The Morgan fingerprint density at radius 2 is 1.89 bits per heavy atom. The minimum absolute atomic E-state index is 0.0969. The molecule has 0 spiro atoms. The lowest BCUT2D eigenvalue weighted by Crippen LogP contribution is -2.38. The summed E-state index contributed by atoms with van der Waals surface area (Å²) in [5.74, 6) is 1.46. The van der Waals surface area contributed by atoms with E-state index in [9.17, 15) is 4.79 Å². The number of hydrogen-bond acceptors (Lipinski definition) is 3. The first kappa shape index (κ1) is 17.6. The molecule has 0 N–H and O–H groups in total. The van der Waals surface area contributed by atoms with Gasteiger partial charge >= 0.3 is 0 Å². The SMILES string of the molecule is COc1c2ccc(C(=O)N3CCC(Cc4ccccc4)CC3)cc2nn1C. The van der Waals surface area contributed by atoms with Crippen molar-refractivity contribution < 1.29 is 9.53 Å². The normalized spacial score (nSPS) is 15.3. The molecule has 140 valence electrons. The zero-order valence-corrected chi connectivity index (χ0v) is 15.9. The van der Waals surface area contributed by atoms with Gasteiger partial charge in [0.1, 0.15) is 0 Å². The van der Waals surface area contributed by atoms with Gasteiger partial charge in [0.25, 0.3) is 5.91 Å². The van der Waals surface area contributed by atoms with Crippen LogP contribution in [0.5, 0.6) is 5.88 Å². The molecule has 0 saturated carbocycles. The zero-order valence-electron chi connectivity index (χ0n) is 15.9.